The van der Waals surface area contributed by atoms with E-state index in [9.17, 15) is 4.79 Å². The lowest BCUT2D eigenvalue weighted by atomic mass is 9.73. The van der Waals surface area contributed by atoms with Gasteiger partial charge in [0, 0.05) is 24.9 Å². The average Bonchev–Trinajstić information content (AvgIpc) is 2.37. The van der Waals surface area contributed by atoms with Crippen molar-refractivity contribution in [1.29, 1.82) is 0 Å². The van der Waals surface area contributed by atoms with Gasteiger partial charge in [0.1, 0.15) is 0 Å². The number of carbonyl (C=O) groups is 1. The van der Waals surface area contributed by atoms with Crippen LogP contribution in [0.3, 0.4) is 0 Å². The Labute approximate surface area is 109 Å². The monoisotopic (exact) mass is 246 g/mol. The third-order valence-electron chi connectivity index (χ3n) is 3.93. The van der Waals surface area contributed by atoms with Gasteiger partial charge in [-0.25, -0.2) is 0 Å². The summed E-state index contributed by atoms with van der Waals surface area (Å²) in [5, 5.41) is 3.03. The molecular weight excluding hydrogens is 224 g/mol. The van der Waals surface area contributed by atoms with Crippen LogP contribution in [-0.2, 0) is 11.3 Å². The zero-order chi connectivity index (χ0) is 13.0. The van der Waals surface area contributed by atoms with Crippen LogP contribution in [0.2, 0.25) is 0 Å². The first-order valence-corrected chi connectivity index (χ1v) is 6.73. The molecule has 0 spiro atoms. The van der Waals surface area contributed by atoms with E-state index in [1.807, 2.05) is 12.1 Å². The largest absolute Gasteiger partial charge is 0.352 e. The molecule has 1 aromatic rings. The summed E-state index contributed by atoms with van der Waals surface area (Å²) in [4.78, 5) is 16.0. The quantitative estimate of drug-likeness (QED) is 0.891. The minimum absolute atomic E-state index is 0.208. The number of hydrogen-bond acceptors (Lipinski definition) is 2. The first-order chi connectivity index (χ1) is 8.57. The number of nitrogens with zero attached hydrogens (tertiary/aromatic N) is 1. The molecule has 1 fully saturated rings. The zero-order valence-corrected chi connectivity index (χ0v) is 11.3. The first kappa shape index (κ1) is 13.1. The predicted molar refractivity (Wildman–Crippen MR) is 71.8 cm³/mol. The van der Waals surface area contributed by atoms with Crippen molar-refractivity contribution in [3.8, 4) is 0 Å². The fourth-order valence-electron chi connectivity index (χ4n) is 2.50. The maximum atomic E-state index is 12.1. The van der Waals surface area contributed by atoms with Gasteiger partial charge in [-0.2, -0.15) is 0 Å². The van der Waals surface area contributed by atoms with E-state index in [0.717, 1.165) is 31.2 Å². The van der Waals surface area contributed by atoms with Crippen LogP contribution in [0.5, 0.6) is 0 Å². The van der Waals surface area contributed by atoms with Crippen LogP contribution in [0.25, 0.3) is 0 Å². The lowest BCUT2D eigenvalue weighted by molar-refractivity contribution is -0.126. The summed E-state index contributed by atoms with van der Waals surface area (Å²) in [7, 11) is 0. The molecule has 0 saturated heterocycles. The molecule has 1 aromatic heterocycles. The first-order valence-electron chi connectivity index (χ1n) is 6.73. The molecule has 18 heavy (non-hydrogen) atoms. The maximum absolute atomic E-state index is 12.1. The van der Waals surface area contributed by atoms with Gasteiger partial charge in [0.05, 0.1) is 0 Å². The number of carbonyl (C=O) groups excluding carboxylic acids is 1. The van der Waals surface area contributed by atoms with Gasteiger partial charge < -0.3 is 5.32 Å². The second kappa shape index (κ2) is 5.51. The molecule has 0 bridgehead atoms. The van der Waals surface area contributed by atoms with Crippen LogP contribution in [0.1, 0.15) is 45.1 Å². The molecule has 3 nitrogen and oxygen atoms in total. The topological polar surface area (TPSA) is 42.0 Å². The molecule has 1 N–H and O–H groups in total. The Bertz CT molecular complexity index is 390. The summed E-state index contributed by atoms with van der Waals surface area (Å²) in [6.07, 6.45) is 7.86. The highest BCUT2D eigenvalue weighted by Gasteiger charge is 2.30. The fourth-order valence-corrected chi connectivity index (χ4v) is 2.50. The summed E-state index contributed by atoms with van der Waals surface area (Å²) >= 11 is 0. The van der Waals surface area contributed by atoms with Gasteiger partial charge >= 0.3 is 0 Å². The molecule has 0 aliphatic heterocycles. The number of hydrogen-bond donors (Lipinski definition) is 1. The van der Waals surface area contributed by atoms with E-state index < -0.39 is 0 Å². The van der Waals surface area contributed by atoms with Crippen LogP contribution < -0.4 is 5.32 Å². The van der Waals surface area contributed by atoms with E-state index >= 15 is 0 Å². The normalized spacial score (nSPS) is 19.4. The van der Waals surface area contributed by atoms with Gasteiger partial charge in [0.15, 0.2) is 0 Å². The highest BCUT2D eigenvalue weighted by molar-refractivity contribution is 5.78. The van der Waals surface area contributed by atoms with Gasteiger partial charge in [-0.1, -0.05) is 13.8 Å². The standard InChI is InChI=1S/C15H22N2O/c1-15(2)7-3-13(4-8-15)14(18)17-11-12-5-9-16-10-6-12/h5-6,9-10,13H,3-4,7-8,11H2,1-2H3,(H,17,18). The van der Waals surface area contributed by atoms with Crippen molar-refractivity contribution in [2.45, 2.75) is 46.1 Å². The summed E-state index contributed by atoms with van der Waals surface area (Å²) in [6.45, 7) is 5.19. The summed E-state index contributed by atoms with van der Waals surface area (Å²) < 4.78 is 0. The van der Waals surface area contributed by atoms with Crippen molar-refractivity contribution in [3.63, 3.8) is 0 Å². The lowest BCUT2D eigenvalue weighted by Crippen LogP contribution is -2.34. The SMILES string of the molecule is CC1(C)CCC(C(=O)NCc2ccncc2)CC1. The number of amides is 1. The van der Waals surface area contributed by atoms with E-state index in [-0.39, 0.29) is 11.8 Å². The molecule has 1 aliphatic rings. The minimum Gasteiger partial charge on any atom is -0.352 e. The summed E-state index contributed by atoms with van der Waals surface area (Å²) in [5.74, 6) is 0.419. The Kier molecular flexibility index (Phi) is 4.00. The third-order valence-corrected chi connectivity index (χ3v) is 3.93. The molecule has 3 heteroatoms. The van der Waals surface area contributed by atoms with E-state index in [2.05, 4.69) is 24.1 Å². The molecule has 2 rings (SSSR count). The lowest BCUT2D eigenvalue weighted by Gasteiger charge is -2.33. The summed E-state index contributed by atoms with van der Waals surface area (Å²) in [5.41, 5.74) is 1.52. The Hall–Kier alpha value is -1.38. The predicted octanol–water partition coefficient (Wildman–Crippen LogP) is 2.91. The molecule has 0 radical (unpaired) electrons. The van der Waals surface area contributed by atoms with Crippen LogP contribution in [-0.4, -0.2) is 10.9 Å². The fraction of sp³-hybridized carbons (Fsp3) is 0.600. The zero-order valence-electron chi connectivity index (χ0n) is 11.3. The van der Waals surface area contributed by atoms with Crippen LogP contribution in [0.15, 0.2) is 24.5 Å². The smallest absolute Gasteiger partial charge is 0.223 e. The van der Waals surface area contributed by atoms with Gasteiger partial charge in [0.25, 0.3) is 0 Å². The maximum Gasteiger partial charge on any atom is 0.223 e. The number of aromatic nitrogens is 1. The van der Waals surface area contributed by atoms with Crippen LogP contribution in [0, 0.1) is 11.3 Å². The number of nitrogens with one attached hydrogen (secondary N) is 1. The molecule has 0 atom stereocenters. The molecular formula is C15H22N2O. The van der Waals surface area contributed by atoms with Gasteiger partial charge in [0.2, 0.25) is 5.91 Å². The Morgan fingerprint density at radius 1 is 1.33 bits per heavy atom. The minimum atomic E-state index is 0.208. The van der Waals surface area contributed by atoms with Crippen LogP contribution >= 0.6 is 0 Å². The van der Waals surface area contributed by atoms with Crippen molar-refractivity contribution in [1.82, 2.24) is 10.3 Å². The number of rotatable bonds is 3. The molecule has 1 heterocycles. The van der Waals surface area contributed by atoms with Gasteiger partial charge in [-0.3, -0.25) is 9.78 Å². The third kappa shape index (κ3) is 3.56. The van der Waals surface area contributed by atoms with Crippen molar-refractivity contribution < 1.29 is 4.79 Å². The van der Waals surface area contributed by atoms with Gasteiger partial charge in [-0.05, 0) is 48.8 Å². The molecule has 1 amide bonds. The van der Waals surface area contributed by atoms with Crippen molar-refractivity contribution >= 4 is 5.91 Å². The Morgan fingerprint density at radius 3 is 2.56 bits per heavy atom. The van der Waals surface area contributed by atoms with Crippen LogP contribution in [0.4, 0.5) is 0 Å². The van der Waals surface area contributed by atoms with Crippen molar-refractivity contribution in [2.24, 2.45) is 11.3 Å². The van der Waals surface area contributed by atoms with E-state index in [1.165, 1.54) is 0 Å². The van der Waals surface area contributed by atoms with E-state index in [0.29, 0.717) is 12.0 Å². The molecule has 1 aliphatic carbocycles. The molecule has 98 valence electrons. The average molecular weight is 246 g/mol. The van der Waals surface area contributed by atoms with Gasteiger partial charge in [-0.15, -0.1) is 0 Å². The molecule has 0 unspecified atom stereocenters. The Morgan fingerprint density at radius 2 is 1.94 bits per heavy atom. The molecule has 1 saturated carbocycles. The number of pyridine rings is 1. The van der Waals surface area contributed by atoms with E-state index in [4.69, 9.17) is 0 Å². The highest BCUT2D eigenvalue weighted by atomic mass is 16.1. The second-order valence-electron chi connectivity index (χ2n) is 6.01. The highest BCUT2D eigenvalue weighted by Crippen LogP contribution is 2.37. The second-order valence-corrected chi connectivity index (χ2v) is 6.01. The van der Waals surface area contributed by atoms with E-state index in [1.54, 1.807) is 12.4 Å². The summed E-state index contributed by atoms with van der Waals surface area (Å²) in [6, 6.07) is 3.87. The molecule has 0 aromatic carbocycles. The van der Waals surface area contributed by atoms with Crippen molar-refractivity contribution in [3.05, 3.63) is 30.1 Å². The van der Waals surface area contributed by atoms with Crippen molar-refractivity contribution in [2.75, 3.05) is 0 Å². The Balaban J connectivity index is 1.79.